The van der Waals surface area contributed by atoms with Crippen molar-refractivity contribution in [3.8, 4) is 0 Å². The van der Waals surface area contributed by atoms with Gasteiger partial charge in [0.1, 0.15) is 11.3 Å². The van der Waals surface area contributed by atoms with Crippen LogP contribution in [0.3, 0.4) is 0 Å². The highest BCUT2D eigenvalue weighted by molar-refractivity contribution is 6.06. The van der Waals surface area contributed by atoms with Gasteiger partial charge in [-0.3, -0.25) is 18.7 Å². The number of fused-ring (bicyclic) bond motifs is 1. The van der Waals surface area contributed by atoms with Gasteiger partial charge in [-0.05, 0) is 18.2 Å². The summed E-state index contributed by atoms with van der Waals surface area (Å²) in [7, 11) is 4.54. The molecule has 0 aliphatic rings. The second kappa shape index (κ2) is 7.01. The number of anilines is 1. The van der Waals surface area contributed by atoms with Crippen LogP contribution in [-0.2, 0) is 25.4 Å². The van der Waals surface area contributed by atoms with E-state index in [0.29, 0.717) is 35.6 Å². The number of methoxy groups -OCH3 is 1. The van der Waals surface area contributed by atoms with Crippen molar-refractivity contribution >= 4 is 22.6 Å². The normalized spacial score (nSPS) is 11.0. The van der Waals surface area contributed by atoms with Crippen LogP contribution in [0.4, 0.5) is 5.69 Å². The Bertz CT molecular complexity index is 1080. The number of benzene rings is 1. The lowest BCUT2D eigenvalue weighted by Gasteiger charge is -2.12. The van der Waals surface area contributed by atoms with E-state index in [0.717, 1.165) is 4.57 Å². The van der Waals surface area contributed by atoms with E-state index in [-0.39, 0.29) is 5.91 Å². The zero-order valence-corrected chi connectivity index (χ0v) is 14.9. The summed E-state index contributed by atoms with van der Waals surface area (Å²) in [5.74, 6) is -0.363. The topological polar surface area (TPSA) is 87.3 Å². The first-order valence-corrected chi connectivity index (χ1v) is 8.10. The third-order valence-corrected chi connectivity index (χ3v) is 4.28. The highest BCUT2D eigenvalue weighted by atomic mass is 16.5. The average molecular weight is 356 g/mol. The number of ether oxygens (including phenoxy) is 1. The van der Waals surface area contributed by atoms with Gasteiger partial charge in [-0.15, -0.1) is 0 Å². The molecule has 3 rings (SSSR count). The minimum absolute atomic E-state index is 0.291. The molecule has 1 amide bonds. The quantitative estimate of drug-likeness (QED) is 0.737. The Morgan fingerprint density at radius 1 is 1.12 bits per heavy atom. The number of nitrogens with zero attached hydrogens (tertiary/aromatic N) is 3. The molecule has 0 aliphatic carbocycles. The third kappa shape index (κ3) is 2.95. The van der Waals surface area contributed by atoms with Crippen LogP contribution < -0.4 is 16.6 Å². The van der Waals surface area contributed by atoms with Gasteiger partial charge in [0.2, 0.25) is 0 Å². The molecule has 0 saturated heterocycles. The van der Waals surface area contributed by atoms with Gasteiger partial charge in [0.15, 0.2) is 0 Å². The molecule has 2 heterocycles. The van der Waals surface area contributed by atoms with E-state index in [1.165, 1.54) is 17.7 Å². The summed E-state index contributed by atoms with van der Waals surface area (Å²) >= 11 is 0. The molecule has 136 valence electrons. The number of carbonyl (C=O) groups excluding carboxylic acids is 1. The Kier molecular flexibility index (Phi) is 4.77. The molecule has 2 aromatic heterocycles. The summed E-state index contributed by atoms with van der Waals surface area (Å²) < 4.78 is 9.15. The van der Waals surface area contributed by atoms with Gasteiger partial charge in [0, 0.05) is 33.4 Å². The predicted molar refractivity (Wildman–Crippen MR) is 98.7 cm³/mol. The monoisotopic (exact) mass is 356 g/mol. The highest BCUT2D eigenvalue weighted by Gasteiger charge is 2.21. The molecule has 8 nitrogen and oxygen atoms in total. The molecule has 0 aliphatic heterocycles. The van der Waals surface area contributed by atoms with E-state index in [4.69, 9.17) is 4.74 Å². The lowest BCUT2D eigenvalue weighted by molar-refractivity contribution is 0.101. The molecule has 0 fully saturated rings. The van der Waals surface area contributed by atoms with Crippen molar-refractivity contribution in [2.24, 2.45) is 14.1 Å². The first-order chi connectivity index (χ1) is 12.5. The van der Waals surface area contributed by atoms with Gasteiger partial charge in [0.25, 0.3) is 11.5 Å². The summed E-state index contributed by atoms with van der Waals surface area (Å²) in [5.41, 5.74) is 0.442. The zero-order chi connectivity index (χ0) is 18.8. The van der Waals surface area contributed by atoms with Crippen molar-refractivity contribution in [2.45, 2.75) is 6.54 Å². The largest absolute Gasteiger partial charge is 0.383 e. The van der Waals surface area contributed by atoms with Crippen molar-refractivity contribution in [1.82, 2.24) is 13.7 Å². The van der Waals surface area contributed by atoms with Gasteiger partial charge in [-0.25, -0.2) is 4.79 Å². The van der Waals surface area contributed by atoms with Crippen molar-refractivity contribution in [3.05, 3.63) is 62.9 Å². The van der Waals surface area contributed by atoms with Crippen LogP contribution in [0.25, 0.3) is 11.0 Å². The molecule has 0 spiro atoms. The third-order valence-electron chi connectivity index (χ3n) is 4.28. The fraction of sp³-hybridized carbons (Fsp3) is 0.278. The maximum absolute atomic E-state index is 12.8. The summed E-state index contributed by atoms with van der Waals surface area (Å²) in [5, 5.41) is 3.12. The van der Waals surface area contributed by atoms with E-state index in [1.54, 1.807) is 30.9 Å². The lowest BCUT2D eigenvalue weighted by Crippen LogP contribution is -2.37. The van der Waals surface area contributed by atoms with Crippen molar-refractivity contribution in [1.29, 1.82) is 0 Å². The smallest absolute Gasteiger partial charge is 0.332 e. The number of rotatable bonds is 5. The number of hydrogen-bond acceptors (Lipinski definition) is 4. The van der Waals surface area contributed by atoms with Crippen LogP contribution in [0.5, 0.6) is 0 Å². The SMILES string of the molecule is COCCn1c(C(=O)Nc2ccccc2)cc2c(=O)n(C)c(=O)n(C)c21. The molecule has 26 heavy (non-hydrogen) atoms. The van der Waals surface area contributed by atoms with Crippen LogP contribution >= 0.6 is 0 Å². The lowest BCUT2D eigenvalue weighted by atomic mass is 10.3. The van der Waals surface area contributed by atoms with E-state index >= 15 is 0 Å². The number of hydrogen-bond donors (Lipinski definition) is 1. The molecule has 0 unspecified atom stereocenters. The van der Waals surface area contributed by atoms with Crippen molar-refractivity contribution in [3.63, 3.8) is 0 Å². The van der Waals surface area contributed by atoms with Crippen LogP contribution in [0.2, 0.25) is 0 Å². The minimum Gasteiger partial charge on any atom is -0.383 e. The number of carbonyl (C=O) groups is 1. The Balaban J connectivity index is 2.19. The van der Waals surface area contributed by atoms with Gasteiger partial charge in [-0.2, -0.15) is 0 Å². The van der Waals surface area contributed by atoms with Crippen LogP contribution in [0.1, 0.15) is 10.5 Å². The number of aryl methyl sites for hydroxylation is 1. The highest BCUT2D eigenvalue weighted by Crippen LogP contribution is 2.17. The second-order valence-electron chi connectivity index (χ2n) is 5.94. The summed E-state index contributed by atoms with van der Waals surface area (Å²) in [6.45, 7) is 0.663. The minimum atomic E-state index is -0.450. The van der Waals surface area contributed by atoms with E-state index in [2.05, 4.69) is 5.32 Å². The fourth-order valence-electron chi connectivity index (χ4n) is 2.95. The summed E-state index contributed by atoms with van der Waals surface area (Å²) in [6, 6.07) is 10.5. The average Bonchev–Trinajstić information content (AvgIpc) is 3.03. The maximum Gasteiger partial charge on any atom is 0.332 e. The van der Waals surface area contributed by atoms with Crippen LogP contribution in [0.15, 0.2) is 46.0 Å². The molecule has 8 heteroatoms. The Morgan fingerprint density at radius 3 is 2.46 bits per heavy atom. The first-order valence-electron chi connectivity index (χ1n) is 8.10. The van der Waals surface area contributed by atoms with Gasteiger partial charge < -0.3 is 14.6 Å². The molecule has 0 saturated carbocycles. The molecule has 0 atom stereocenters. The van der Waals surface area contributed by atoms with Gasteiger partial charge in [-0.1, -0.05) is 18.2 Å². The predicted octanol–water partition coefficient (Wildman–Crippen LogP) is 0.937. The Morgan fingerprint density at radius 2 is 1.81 bits per heavy atom. The second-order valence-corrected chi connectivity index (χ2v) is 5.94. The number of para-hydroxylation sites is 1. The standard InChI is InChI=1S/C18H20N4O4/c1-20-16-13(17(24)21(2)18(20)25)11-14(22(16)9-10-26-3)15(23)19-12-7-5-4-6-8-12/h4-8,11H,9-10H2,1-3H3,(H,19,23). The van der Waals surface area contributed by atoms with E-state index < -0.39 is 11.2 Å². The number of aromatic nitrogens is 3. The Labute approximate surface area is 149 Å². The van der Waals surface area contributed by atoms with Crippen LogP contribution in [0, 0.1) is 0 Å². The van der Waals surface area contributed by atoms with Gasteiger partial charge in [0.05, 0.1) is 12.0 Å². The fourth-order valence-corrected chi connectivity index (χ4v) is 2.95. The van der Waals surface area contributed by atoms with E-state index in [1.807, 2.05) is 18.2 Å². The molecule has 0 radical (unpaired) electrons. The molecular weight excluding hydrogens is 336 g/mol. The molecular formula is C18H20N4O4. The molecule has 1 aromatic carbocycles. The molecule has 3 aromatic rings. The first kappa shape index (κ1) is 17.7. The number of nitrogens with one attached hydrogen (secondary N) is 1. The van der Waals surface area contributed by atoms with Crippen molar-refractivity contribution in [2.75, 3.05) is 19.0 Å². The zero-order valence-electron chi connectivity index (χ0n) is 14.9. The maximum atomic E-state index is 12.8. The summed E-state index contributed by atoms with van der Waals surface area (Å²) in [6.07, 6.45) is 0. The summed E-state index contributed by atoms with van der Waals surface area (Å²) in [4.78, 5) is 37.6. The van der Waals surface area contributed by atoms with E-state index in [9.17, 15) is 14.4 Å². The number of amides is 1. The molecule has 0 bridgehead atoms. The molecule has 1 N–H and O–H groups in total. The van der Waals surface area contributed by atoms with Crippen molar-refractivity contribution < 1.29 is 9.53 Å². The van der Waals surface area contributed by atoms with Crippen LogP contribution in [-0.4, -0.2) is 33.3 Å². The van der Waals surface area contributed by atoms with Gasteiger partial charge >= 0.3 is 5.69 Å². The Hall–Kier alpha value is -3.13.